The molecule has 1 N–H and O–H groups in total. The molecule has 15 heavy (non-hydrogen) atoms. The van der Waals surface area contributed by atoms with E-state index in [9.17, 15) is 4.79 Å². The van der Waals surface area contributed by atoms with Crippen LogP contribution in [0.25, 0.3) is 11.3 Å². The molecule has 0 aliphatic carbocycles. The van der Waals surface area contributed by atoms with Gasteiger partial charge in [-0.25, -0.2) is 9.48 Å². The van der Waals surface area contributed by atoms with Crippen molar-refractivity contribution in [2.45, 2.75) is 0 Å². The fourth-order valence-electron chi connectivity index (χ4n) is 1.21. The summed E-state index contributed by atoms with van der Waals surface area (Å²) >= 11 is 6.98. The van der Waals surface area contributed by atoms with E-state index >= 15 is 0 Å². The van der Waals surface area contributed by atoms with Gasteiger partial charge in [-0.15, -0.1) is 16.4 Å². The van der Waals surface area contributed by atoms with Gasteiger partial charge in [-0.05, 0) is 6.07 Å². The summed E-state index contributed by atoms with van der Waals surface area (Å²) in [5.41, 5.74) is 1.34. The molecule has 0 saturated heterocycles. The topological polar surface area (TPSA) is 68.0 Å². The molecule has 0 unspecified atom stereocenters. The third kappa shape index (κ3) is 1.73. The Balaban J connectivity index is 2.50. The van der Waals surface area contributed by atoms with Crippen LogP contribution in [0, 0.1) is 0 Å². The van der Waals surface area contributed by atoms with E-state index in [0.717, 1.165) is 16.9 Å². The molecule has 0 saturated carbocycles. The first-order chi connectivity index (χ1) is 7.09. The van der Waals surface area contributed by atoms with Crippen molar-refractivity contribution in [2.24, 2.45) is 7.05 Å². The molecule has 0 bridgehead atoms. The number of hydrogen-bond acceptors (Lipinski definition) is 4. The van der Waals surface area contributed by atoms with Gasteiger partial charge < -0.3 is 5.11 Å². The Morgan fingerprint density at radius 3 is 2.87 bits per heavy atom. The van der Waals surface area contributed by atoms with Gasteiger partial charge in [0.15, 0.2) is 5.15 Å². The number of hydrogen-bond donors (Lipinski definition) is 1. The molecule has 2 heterocycles. The molecular formula is C8H6ClN3O2S. The third-order valence-electron chi connectivity index (χ3n) is 1.87. The second kappa shape index (κ2) is 3.63. The SMILES string of the molecule is Cn1nnc(Cl)c1-c1csc(C(=O)O)c1. The summed E-state index contributed by atoms with van der Waals surface area (Å²) in [6.07, 6.45) is 0. The number of aryl methyl sites for hydroxylation is 1. The van der Waals surface area contributed by atoms with Crippen LogP contribution in [-0.2, 0) is 7.05 Å². The van der Waals surface area contributed by atoms with Crippen molar-refractivity contribution in [3.63, 3.8) is 0 Å². The largest absolute Gasteiger partial charge is 0.477 e. The molecule has 0 fully saturated rings. The van der Waals surface area contributed by atoms with Crippen LogP contribution < -0.4 is 0 Å². The standard InChI is InChI=1S/C8H6ClN3O2S/c1-12-6(7(9)10-11-12)4-2-5(8(13)14)15-3-4/h2-3H,1H3,(H,13,14). The number of aromatic carboxylic acids is 1. The highest BCUT2D eigenvalue weighted by Crippen LogP contribution is 2.29. The molecule has 0 aliphatic heterocycles. The van der Waals surface area contributed by atoms with Crippen LogP contribution in [0.1, 0.15) is 9.67 Å². The first-order valence-corrected chi connectivity index (χ1v) is 5.22. The predicted octanol–water partition coefficient (Wildman–Crippen LogP) is 1.90. The molecule has 7 heteroatoms. The highest BCUT2D eigenvalue weighted by atomic mass is 35.5. The summed E-state index contributed by atoms with van der Waals surface area (Å²) in [7, 11) is 1.70. The van der Waals surface area contributed by atoms with Gasteiger partial charge in [0.05, 0.1) is 0 Å². The van der Waals surface area contributed by atoms with E-state index in [0.29, 0.717) is 5.69 Å². The Hall–Kier alpha value is -1.40. The monoisotopic (exact) mass is 243 g/mol. The average Bonchev–Trinajstić information content (AvgIpc) is 2.73. The lowest BCUT2D eigenvalue weighted by Gasteiger charge is -1.95. The highest BCUT2D eigenvalue weighted by Gasteiger charge is 2.14. The lowest BCUT2D eigenvalue weighted by molar-refractivity contribution is 0.0702. The van der Waals surface area contributed by atoms with Crippen LogP contribution in [-0.4, -0.2) is 26.1 Å². The number of nitrogens with zero attached hydrogens (tertiary/aromatic N) is 3. The second-order valence-electron chi connectivity index (χ2n) is 2.86. The summed E-state index contributed by atoms with van der Waals surface area (Å²) in [4.78, 5) is 11.0. The summed E-state index contributed by atoms with van der Waals surface area (Å²) in [5, 5.41) is 18.2. The van der Waals surface area contributed by atoms with E-state index in [1.54, 1.807) is 18.5 Å². The van der Waals surface area contributed by atoms with Gasteiger partial charge in [0.1, 0.15) is 10.6 Å². The Bertz CT molecular complexity index is 500. The Morgan fingerprint density at radius 1 is 1.67 bits per heavy atom. The summed E-state index contributed by atoms with van der Waals surface area (Å²) in [6.45, 7) is 0. The Labute approximate surface area is 93.9 Å². The molecule has 2 rings (SSSR count). The number of carboxylic acids is 1. The van der Waals surface area contributed by atoms with Crippen molar-refractivity contribution in [3.8, 4) is 11.3 Å². The maximum Gasteiger partial charge on any atom is 0.345 e. The summed E-state index contributed by atoms with van der Waals surface area (Å²) in [6, 6.07) is 1.55. The quantitative estimate of drug-likeness (QED) is 0.875. The lowest BCUT2D eigenvalue weighted by atomic mass is 10.2. The molecule has 2 aromatic heterocycles. The van der Waals surface area contributed by atoms with Gasteiger partial charge >= 0.3 is 5.97 Å². The predicted molar refractivity (Wildman–Crippen MR) is 56.3 cm³/mol. The molecule has 78 valence electrons. The van der Waals surface area contributed by atoms with Gasteiger partial charge in [0, 0.05) is 18.0 Å². The first-order valence-electron chi connectivity index (χ1n) is 3.97. The zero-order valence-corrected chi connectivity index (χ0v) is 9.21. The summed E-state index contributed by atoms with van der Waals surface area (Å²) < 4.78 is 1.51. The number of carboxylic acid groups (broad SMARTS) is 1. The van der Waals surface area contributed by atoms with Crippen LogP contribution in [0.15, 0.2) is 11.4 Å². The number of carbonyl (C=O) groups is 1. The van der Waals surface area contributed by atoms with Crippen LogP contribution in [0.4, 0.5) is 0 Å². The second-order valence-corrected chi connectivity index (χ2v) is 4.13. The van der Waals surface area contributed by atoms with Crippen molar-refractivity contribution < 1.29 is 9.90 Å². The van der Waals surface area contributed by atoms with Gasteiger partial charge in [-0.2, -0.15) is 0 Å². The van der Waals surface area contributed by atoms with E-state index in [1.807, 2.05) is 0 Å². The van der Waals surface area contributed by atoms with Crippen LogP contribution >= 0.6 is 22.9 Å². The van der Waals surface area contributed by atoms with Gasteiger partial charge in [0.25, 0.3) is 0 Å². The fraction of sp³-hybridized carbons (Fsp3) is 0.125. The number of thiophene rings is 1. The normalized spacial score (nSPS) is 10.5. The minimum Gasteiger partial charge on any atom is -0.477 e. The molecule has 0 amide bonds. The van der Waals surface area contributed by atoms with Gasteiger partial charge in [-0.1, -0.05) is 16.8 Å². The minimum atomic E-state index is -0.947. The molecule has 5 nitrogen and oxygen atoms in total. The van der Waals surface area contributed by atoms with Gasteiger partial charge in [0.2, 0.25) is 0 Å². The third-order valence-corrected chi connectivity index (χ3v) is 3.04. The van der Waals surface area contributed by atoms with Gasteiger partial charge in [-0.3, -0.25) is 0 Å². The van der Waals surface area contributed by atoms with Crippen molar-refractivity contribution >= 4 is 28.9 Å². The fourth-order valence-corrected chi connectivity index (χ4v) is 2.21. The van der Waals surface area contributed by atoms with Crippen LogP contribution in [0.3, 0.4) is 0 Å². The van der Waals surface area contributed by atoms with E-state index < -0.39 is 5.97 Å². The molecule has 0 spiro atoms. The van der Waals surface area contributed by atoms with Crippen LogP contribution in [0.5, 0.6) is 0 Å². The molecule has 0 radical (unpaired) electrons. The molecule has 0 aliphatic rings. The van der Waals surface area contributed by atoms with E-state index in [4.69, 9.17) is 16.7 Å². The molecular weight excluding hydrogens is 238 g/mol. The minimum absolute atomic E-state index is 0.266. The first kappa shape index (κ1) is 10.1. The highest BCUT2D eigenvalue weighted by molar-refractivity contribution is 7.12. The number of aromatic nitrogens is 3. The number of rotatable bonds is 2. The van der Waals surface area contributed by atoms with Crippen molar-refractivity contribution in [1.29, 1.82) is 0 Å². The summed E-state index contributed by atoms with van der Waals surface area (Å²) in [5.74, 6) is -0.947. The zero-order chi connectivity index (χ0) is 11.0. The molecule has 0 aromatic carbocycles. The smallest absolute Gasteiger partial charge is 0.345 e. The average molecular weight is 244 g/mol. The Morgan fingerprint density at radius 2 is 2.40 bits per heavy atom. The number of halogens is 1. The maximum atomic E-state index is 10.7. The molecule has 2 aromatic rings. The maximum absolute atomic E-state index is 10.7. The Kier molecular flexibility index (Phi) is 2.45. The van der Waals surface area contributed by atoms with Crippen molar-refractivity contribution in [2.75, 3.05) is 0 Å². The molecule has 0 atom stereocenters. The lowest BCUT2D eigenvalue weighted by Crippen LogP contribution is -1.93. The van der Waals surface area contributed by atoms with Crippen molar-refractivity contribution in [3.05, 3.63) is 21.5 Å². The van der Waals surface area contributed by atoms with Crippen molar-refractivity contribution in [1.82, 2.24) is 15.0 Å². The van der Waals surface area contributed by atoms with E-state index in [-0.39, 0.29) is 10.0 Å². The van der Waals surface area contributed by atoms with E-state index in [1.165, 1.54) is 4.68 Å². The zero-order valence-electron chi connectivity index (χ0n) is 7.64. The van der Waals surface area contributed by atoms with E-state index in [2.05, 4.69) is 10.3 Å². The van der Waals surface area contributed by atoms with Crippen LogP contribution in [0.2, 0.25) is 5.15 Å².